The van der Waals surface area contributed by atoms with Crippen LogP contribution in [0.3, 0.4) is 0 Å². The summed E-state index contributed by atoms with van der Waals surface area (Å²) in [7, 11) is -2.48. The van der Waals surface area contributed by atoms with E-state index in [9.17, 15) is 0 Å². The summed E-state index contributed by atoms with van der Waals surface area (Å²) in [6, 6.07) is 52.9. The molecule has 0 unspecified atom stereocenters. The van der Waals surface area contributed by atoms with Crippen LogP contribution >= 0.6 is 7.26 Å². The molecule has 0 atom stereocenters. The van der Waals surface area contributed by atoms with Crippen LogP contribution in [0, 0.1) is 0 Å². The zero-order chi connectivity index (χ0) is 25.6. The van der Waals surface area contributed by atoms with Crippen molar-refractivity contribution in [1.82, 2.24) is 20.2 Å². The van der Waals surface area contributed by atoms with Crippen molar-refractivity contribution in [1.29, 1.82) is 0 Å². The third kappa shape index (κ3) is 4.36. The minimum atomic E-state index is -2.48. The van der Waals surface area contributed by atoms with Gasteiger partial charge in [0.25, 0.3) is 0 Å². The van der Waals surface area contributed by atoms with E-state index in [0.29, 0.717) is 5.82 Å². The average Bonchev–Trinajstić information content (AvgIpc) is 3.50. The molecule has 0 bridgehead atoms. The first kappa shape index (κ1) is 23.7. The molecule has 6 rings (SSSR count). The van der Waals surface area contributed by atoms with Crippen LogP contribution in [0.4, 0.5) is 0 Å². The predicted molar refractivity (Wildman–Crippen MR) is 159 cm³/mol. The Morgan fingerprint density at radius 2 is 0.947 bits per heavy atom. The first-order valence-corrected chi connectivity index (χ1v) is 14.3. The highest BCUT2D eigenvalue weighted by atomic mass is 31.2. The largest absolute Gasteiger partial charge is 0.203 e. The number of nitrogens with zero attached hydrogens (tertiary/aromatic N) is 4. The van der Waals surface area contributed by atoms with Crippen LogP contribution in [0.1, 0.15) is 5.56 Å². The minimum absolute atomic E-state index is 0.708. The summed E-state index contributed by atoms with van der Waals surface area (Å²) in [5, 5.41) is 17.1. The van der Waals surface area contributed by atoms with Crippen LogP contribution in [0.15, 0.2) is 152 Å². The summed E-state index contributed by atoms with van der Waals surface area (Å²) in [6.07, 6.45) is 2.25. The van der Waals surface area contributed by atoms with Gasteiger partial charge in [-0.2, -0.15) is 4.68 Å². The Bertz CT molecular complexity index is 1540. The molecule has 0 radical (unpaired) electrons. The summed E-state index contributed by atoms with van der Waals surface area (Å²) < 4.78 is 1.95. The van der Waals surface area contributed by atoms with Crippen molar-refractivity contribution >= 4 is 34.7 Å². The molecule has 0 spiro atoms. The summed E-state index contributed by atoms with van der Waals surface area (Å²) in [5.74, 6) is 0.708. The zero-order valence-electron chi connectivity index (χ0n) is 20.7. The van der Waals surface area contributed by atoms with E-state index in [-0.39, 0.29) is 0 Å². The maximum absolute atomic E-state index is 4.65. The minimum Gasteiger partial charge on any atom is -0.159 e. The number of benzene rings is 5. The molecular weight excluding hydrogens is 483 g/mol. The first-order chi connectivity index (χ1) is 18.9. The van der Waals surface area contributed by atoms with Gasteiger partial charge in [-0.15, -0.1) is 5.10 Å². The number of aromatic nitrogens is 4. The van der Waals surface area contributed by atoms with E-state index < -0.39 is 7.26 Å². The van der Waals surface area contributed by atoms with E-state index in [0.717, 1.165) is 16.6 Å². The van der Waals surface area contributed by atoms with Gasteiger partial charge in [-0.25, -0.2) is 0 Å². The second-order valence-electron chi connectivity index (χ2n) is 8.87. The van der Waals surface area contributed by atoms with Gasteiger partial charge in [0.05, 0.1) is 0 Å². The van der Waals surface area contributed by atoms with E-state index >= 15 is 0 Å². The average molecular weight is 510 g/mol. The zero-order valence-corrected chi connectivity index (χ0v) is 21.6. The van der Waals surface area contributed by atoms with Crippen molar-refractivity contribution in [3.05, 3.63) is 157 Å². The Labute approximate surface area is 223 Å². The molecule has 38 heavy (non-hydrogen) atoms. The number of tetrazole rings is 1. The molecule has 1 heterocycles. The highest BCUT2D eigenvalue weighted by Gasteiger charge is 2.52. The lowest BCUT2D eigenvalue weighted by atomic mass is 10.2. The van der Waals surface area contributed by atoms with Gasteiger partial charge in [-0.05, 0) is 52.4 Å². The van der Waals surface area contributed by atoms with Gasteiger partial charge in [-0.3, -0.25) is 0 Å². The van der Waals surface area contributed by atoms with Gasteiger partial charge >= 0.3 is 0 Å². The Hall–Kier alpha value is -4.66. The van der Waals surface area contributed by atoms with Gasteiger partial charge in [-0.1, -0.05) is 115 Å². The second-order valence-corrected chi connectivity index (χ2v) is 12.2. The van der Waals surface area contributed by atoms with Crippen molar-refractivity contribution in [3.63, 3.8) is 0 Å². The molecular formula is C33H26N4P+. The Morgan fingerprint density at radius 3 is 1.42 bits per heavy atom. The lowest BCUT2D eigenvalue weighted by Crippen LogP contribution is -2.33. The maximum atomic E-state index is 4.65. The second kappa shape index (κ2) is 10.8. The molecule has 0 fully saturated rings. The van der Waals surface area contributed by atoms with Crippen LogP contribution in [-0.2, 0) is 0 Å². The first-order valence-electron chi connectivity index (χ1n) is 12.5. The molecule has 0 amide bonds. The molecule has 0 saturated heterocycles. The van der Waals surface area contributed by atoms with Crippen molar-refractivity contribution in [2.24, 2.45) is 0 Å². The van der Waals surface area contributed by atoms with Gasteiger partial charge in [0.2, 0.25) is 5.44 Å². The smallest absolute Gasteiger partial charge is 0.159 e. The number of hydrogen-bond donors (Lipinski definition) is 0. The highest BCUT2D eigenvalue weighted by Crippen LogP contribution is 2.65. The van der Waals surface area contributed by atoms with Crippen molar-refractivity contribution in [2.75, 3.05) is 0 Å². The summed E-state index contributed by atoms with van der Waals surface area (Å²) >= 11 is 0. The maximum Gasteiger partial charge on any atom is 0.203 e. The van der Waals surface area contributed by atoms with Gasteiger partial charge < -0.3 is 0 Å². The van der Waals surface area contributed by atoms with Crippen LogP contribution in [-0.4, -0.2) is 20.2 Å². The quantitative estimate of drug-likeness (QED) is 0.238. The van der Waals surface area contributed by atoms with E-state index in [1.165, 1.54) is 15.9 Å². The Morgan fingerprint density at radius 1 is 0.526 bits per heavy atom. The Balaban J connectivity index is 1.77. The molecule has 0 aliphatic rings. The van der Waals surface area contributed by atoms with E-state index in [1.807, 2.05) is 28.9 Å². The van der Waals surface area contributed by atoms with Crippen molar-refractivity contribution < 1.29 is 0 Å². The topological polar surface area (TPSA) is 43.6 Å². The van der Waals surface area contributed by atoms with Crippen LogP contribution in [0.2, 0.25) is 0 Å². The molecule has 6 aromatic rings. The predicted octanol–water partition coefficient (Wildman–Crippen LogP) is 6.29. The Kier molecular flexibility index (Phi) is 6.72. The molecule has 0 aliphatic carbocycles. The monoisotopic (exact) mass is 509 g/mol. The molecule has 0 saturated carbocycles. The van der Waals surface area contributed by atoms with Gasteiger partial charge in [0, 0.05) is 11.6 Å². The number of hydrogen-bond acceptors (Lipinski definition) is 3. The SMILES string of the molecule is C(=C(n1nnnc1-c1ccccc1)[P+](c1ccccc1)(c1ccccc1)c1ccccc1)c1ccccc1. The third-order valence-electron chi connectivity index (χ3n) is 6.59. The highest BCUT2D eigenvalue weighted by molar-refractivity contribution is 8.03. The fourth-order valence-corrected chi connectivity index (χ4v) is 9.21. The lowest BCUT2D eigenvalue weighted by Gasteiger charge is -2.29. The normalized spacial score (nSPS) is 11.8. The van der Waals surface area contributed by atoms with Crippen molar-refractivity contribution in [2.45, 2.75) is 0 Å². The summed E-state index contributed by atoms with van der Waals surface area (Å²) in [5.41, 5.74) is 3.09. The van der Waals surface area contributed by atoms with Crippen molar-refractivity contribution in [3.8, 4) is 11.4 Å². The van der Waals surface area contributed by atoms with Gasteiger partial charge in [0.15, 0.2) is 13.1 Å². The summed E-state index contributed by atoms with van der Waals surface area (Å²) in [6.45, 7) is 0. The molecule has 4 nitrogen and oxygen atoms in total. The molecule has 5 heteroatoms. The van der Waals surface area contributed by atoms with Crippen LogP contribution in [0.25, 0.3) is 22.9 Å². The van der Waals surface area contributed by atoms with Crippen LogP contribution < -0.4 is 15.9 Å². The molecule has 0 N–H and O–H groups in total. The van der Waals surface area contributed by atoms with E-state index in [1.54, 1.807) is 0 Å². The van der Waals surface area contributed by atoms with E-state index in [4.69, 9.17) is 0 Å². The molecule has 0 aliphatic heterocycles. The lowest BCUT2D eigenvalue weighted by molar-refractivity contribution is 0.815. The molecule has 182 valence electrons. The fourth-order valence-electron chi connectivity index (χ4n) is 4.91. The molecule has 5 aromatic carbocycles. The van der Waals surface area contributed by atoms with E-state index in [2.05, 4.69) is 149 Å². The summed E-state index contributed by atoms with van der Waals surface area (Å²) in [4.78, 5) is 0. The number of rotatable bonds is 7. The van der Waals surface area contributed by atoms with Gasteiger partial charge in [0.1, 0.15) is 15.9 Å². The third-order valence-corrected chi connectivity index (χ3v) is 10.8. The standard InChI is InChI=1S/C33H26N4P/c1-6-16-27(17-7-1)26-32(37-33(34-35-36-37)28-18-8-2-9-19-28)38(29-20-10-3-11-21-29,30-22-12-4-13-23-30)31-24-14-5-15-25-31/h1-26H/q+1. The fraction of sp³-hybridized carbons (Fsp3) is 0. The van der Waals surface area contributed by atoms with Crippen LogP contribution in [0.5, 0.6) is 0 Å². The molecule has 1 aromatic heterocycles.